The molecular formula is C13H18BrNO. The molecule has 2 nitrogen and oxygen atoms in total. The van der Waals surface area contributed by atoms with E-state index in [4.69, 9.17) is 0 Å². The Bertz CT molecular complexity index is 356. The van der Waals surface area contributed by atoms with E-state index in [-0.39, 0.29) is 6.61 Å². The predicted octanol–water partition coefficient (Wildman–Crippen LogP) is 2.65. The van der Waals surface area contributed by atoms with E-state index in [2.05, 4.69) is 46.0 Å². The van der Waals surface area contributed by atoms with Gasteiger partial charge in [0.1, 0.15) is 0 Å². The van der Waals surface area contributed by atoms with Crippen LogP contribution < -0.4 is 0 Å². The molecule has 1 saturated heterocycles. The minimum absolute atomic E-state index is 0.273. The molecule has 0 amide bonds. The van der Waals surface area contributed by atoms with Crippen molar-refractivity contribution >= 4 is 15.9 Å². The Hall–Kier alpha value is -0.380. The molecule has 2 atom stereocenters. The molecule has 0 aliphatic carbocycles. The summed E-state index contributed by atoms with van der Waals surface area (Å²) in [5, 5.41) is 9.39. The van der Waals surface area contributed by atoms with E-state index in [1.54, 1.807) is 0 Å². The zero-order valence-corrected chi connectivity index (χ0v) is 11.2. The number of benzene rings is 1. The highest BCUT2D eigenvalue weighted by atomic mass is 79.9. The summed E-state index contributed by atoms with van der Waals surface area (Å²) in [6.45, 7) is 4.53. The van der Waals surface area contributed by atoms with Crippen LogP contribution in [0.4, 0.5) is 0 Å². The first-order valence-corrected chi connectivity index (χ1v) is 6.59. The lowest BCUT2D eigenvalue weighted by molar-refractivity contribution is 0.134. The minimum atomic E-state index is 0.273. The van der Waals surface area contributed by atoms with E-state index >= 15 is 0 Å². The number of hydrogen-bond acceptors (Lipinski definition) is 2. The van der Waals surface area contributed by atoms with Crippen molar-refractivity contribution in [3.8, 4) is 0 Å². The van der Waals surface area contributed by atoms with E-state index in [1.807, 2.05) is 6.07 Å². The van der Waals surface area contributed by atoms with Crippen LogP contribution in [0.3, 0.4) is 0 Å². The number of hydrogen-bond donors (Lipinski definition) is 1. The van der Waals surface area contributed by atoms with Crippen LogP contribution in [0.15, 0.2) is 28.7 Å². The van der Waals surface area contributed by atoms with Crippen molar-refractivity contribution in [3.63, 3.8) is 0 Å². The highest BCUT2D eigenvalue weighted by Gasteiger charge is 2.30. The van der Waals surface area contributed by atoms with Gasteiger partial charge in [-0.15, -0.1) is 0 Å². The summed E-state index contributed by atoms with van der Waals surface area (Å²) in [4.78, 5) is 2.38. The molecule has 2 unspecified atom stereocenters. The fraction of sp³-hybridized carbons (Fsp3) is 0.538. The Morgan fingerprint density at radius 1 is 1.50 bits per heavy atom. The molecule has 1 fully saturated rings. The van der Waals surface area contributed by atoms with Gasteiger partial charge in [0.25, 0.3) is 0 Å². The summed E-state index contributed by atoms with van der Waals surface area (Å²) < 4.78 is 1.12. The molecule has 1 aromatic carbocycles. The van der Waals surface area contributed by atoms with Crippen molar-refractivity contribution in [2.45, 2.75) is 25.9 Å². The van der Waals surface area contributed by atoms with Crippen molar-refractivity contribution in [2.75, 3.05) is 13.2 Å². The molecule has 1 aliphatic heterocycles. The largest absolute Gasteiger partial charge is 0.395 e. The monoisotopic (exact) mass is 283 g/mol. The summed E-state index contributed by atoms with van der Waals surface area (Å²) in [5.74, 6) is 0.608. The van der Waals surface area contributed by atoms with Gasteiger partial charge in [0.15, 0.2) is 0 Å². The highest BCUT2D eigenvalue weighted by Crippen LogP contribution is 2.25. The van der Waals surface area contributed by atoms with Crippen LogP contribution in [-0.4, -0.2) is 29.2 Å². The Kier molecular flexibility index (Phi) is 4.00. The summed E-state index contributed by atoms with van der Waals surface area (Å²) >= 11 is 3.49. The summed E-state index contributed by atoms with van der Waals surface area (Å²) in [6.07, 6.45) is 1.19. The van der Waals surface area contributed by atoms with Gasteiger partial charge in [0.05, 0.1) is 6.61 Å². The Morgan fingerprint density at radius 3 is 3.00 bits per heavy atom. The second-order valence-electron chi connectivity index (χ2n) is 4.62. The smallest absolute Gasteiger partial charge is 0.0589 e. The summed E-state index contributed by atoms with van der Waals surface area (Å²) in [5.41, 5.74) is 1.31. The fourth-order valence-corrected chi connectivity index (χ4v) is 2.90. The van der Waals surface area contributed by atoms with Crippen LogP contribution in [0, 0.1) is 5.92 Å². The molecule has 0 saturated carbocycles. The second kappa shape index (κ2) is 5.30. The van der Waals surface area contributed by atoms with Crippen LogP contribution >= 0.6 is 15.9 Å². The van der Waals surface area contributed by atoms with Gasteiger partial charge in [-0.05, 0) is 36.6 Å². The molecule has 1 aliphatic rings. The quantitative estimate of drug-likeness (QED) is 0.922. The van der Waals surface area contributed by atoms with Gasteiger partial charge in [0.2, 0.25) is 0 Å². The molecule has 88 valence electrons. The van der Waals surface area contributed by atoms with Gasteiger partial charge in [-0.2, -0.15) is 0 Å². The van der Waals surface area contributed by atoms with Crippen molar-refractivity contribution in [1.29, 1.82) is 0 Å². The van der Waals surface area contributed by atoms with Gasteiger partial charge in [-0.1, -0.05) is 35.0 Å². The number of halogens is 1. The Labute approximate surface area is 105 Å². The number of aliphatic hydroxyl groups is 1. The lowest BCUT2D eigenvalue weighted by atomic mass is 10.0. The van der Waals surface area contributed by atoms with Gasteiger partial charge in [0, 0.05) is 17.1 Å². The van der Waals surface area contributed by atoms with Crippen molar-refractivity contribution in [1.82, 2.24) is 4.90 Å². The van der Waals surface area contributed by atoms with Crippen molar-refractivity contribution in [2.24, 2.45) is 5.92 Å². The lowest BCUT2D eigenvalue weighted by Gasteiger charge is -2.25. The minimum Gasteiger partial charge on any atom is -0.395 e. The molecule has 1 heterocycles. The van der Waals surface area contributed by atoms with Gasteiger partial charge in [-0.3, -0.25) is 4.90 Å². The number of rotatable bonds is 3. The highest BCUT2D eigenvalue weighted by molar-refractivity contribution is 9.10. The maximum atomic E-state index is 9.39. The number of likely N-dealkylation sites (tertiary alicyclic amines) is 1. The Morgan fingerprint density at radius 2 is 2.31 bits per heavy atom. The third-order valence-electron chi connectivity index (χ3n) is 3.46. The van der Waals surface area contributed by atoms with Gasteiger partial charge >= 0.3 is 0 Å². The number of nitrogens with zero attached hydrogens (tertiary/aromatic N) is 1. The average molecular weight is 284 g/mol. The van der Waals surface area contributed by atoms with E-state index in [9.17, 15) is 5.11 Å². The maximum Gasteiger partial charge on any atom is 0.0589 e. The third-order valence-corrected chi connectivity index (χ3v) is 3.95. The first-order valence-electron chi connectivity index (χ1n) is 5.80. The average Bonchev–Trinajstić information content (AvgIpc) is 2.59. The molecule has 0 radical (unpaired) electrons. The zero-order chi connectivity index (χ0) is 11.5. The maximum absolute atomic E-state index is 9.39. The SMILES string of the molecule is CC1CCN(Cc2cccc(Br)c2)C1CO. The van der Waals surface area contributed by atoms with Gasteiger partial charge < -0.3 is 5.11 Å². The summed E-state index contributed by atoms with van der Waals surface area (Å²) in [7, 11) is 0. The zero-order valence-electron chi connectivity index (χ0n) is 9.56. The second-order valence-corrected chi connectivity index (χ2v) is 5.53. The molecule has 0 aromatic heterocycles. The van der Waals surface area contributed by atoms with Crippen LogP contribution in [-0.2, 0) is 6.54 Å². The van der Waals surface area contributed by atoms with E-state index < -0.39 is 0 Å². The number of aliphatic hydroxyl groups excluding tert-OH is 1. The van der Waals surface area contributed by atoms with Crippen molar-refractivity contribution in [3.05, 3.63) is 34.3 Å². The fourth-order valence-electron chi connectivity index (χ4n) is 2.45. The van der Waals surface area contributed by atoms with E-state index in [1.165, 1.54) is 12.0 Å². The first kappa shape index (κ1) is 12.1. The molecule has 0 bridgehead atoms. The molecular weight excluding hydrogens is 266 g/mol. The van der Waals surface area contributed by atoms with Crippen LogP contribution in [0.5, 0.6) is 0 Å². The molecule has 1 aromatic rings. The normalized spacial score (nSPS) is 26.2. The molecule has 16 heavy (non-hydrogen) atoms. The standard InChI is InChI=1S/C13H18BrNO/c1-10-5-6-15(13(10)9-16)8-11-3-2-4-12(14)7-11/h2-4,7,10,13,16H,5-6,8-9H2,1H3. The van der Waals surface area contributed by atoms with E-state index in [0.717, 1.165) is 17.6 Å². The molecule has 1 N–H and O–H groups in total. The molecule has 3 heteroatoms. The van der Waals surface area contributed by atoms with Crippen LogP contribution in [0.25, 0.3) is 0 Å². The van der Waals surface area contributed by atoms with E-state index in [0.29, 0.717) is 12.0 Å². The molecule has 0 spiro atoms. The molecule has 2 rings (SSSR count). The summed E-state index contributed by atoms with van der Waals surface area (Å²) in [6, 6.07) is 8.73. The Balaban J connectivity index is 2.04. The van der Waals surface area contributed by atoms with Crippen molar-refractivity contribution < 1.29 is 5.11 Å². The first-order chi connectivity index (χ1) is 7.70. The van der Waals surface area contributed by atoms with Crippen LogP contribution in [0.2, 0.25) is 0 Å². The third kappa shape index (κ3) is 2.65. The van der Waals surface area contributed by atoms with Crippen LogP contribution in [0.1, 0.15) is 18.9 Å². The predicted molar refractivity (Wildman–Crippen MR) is 69.2 cm³/mol. The topological polar surface area (TPSA) is 23.5 Å². The lowest BCUT2D eigenvalue weighted by Crippen LogP contribution is -2.34. The van der Waals surface area contributed by atoms with Gasteiger partial charge in [-0.25, -0.2) is 0 Å².